The summed E-state index contributed by atoms with van der Waals surface area (Å²) < 4.78 is 28.2. The molecule has 0 atom stereocenters. The van der Waals surface area contributed by atoms with Crippen molar-refractivity contribution in [3.63, 3.8) is 0 Å². The SMILES string of the molecule is Nc1cccnc1C(=O)Nc1ccc(OC(F)F)cc1. The van der Waals surface area contributed by atoms with Crippen LogP contribution in [0.3, 0.4) is 0 Å². The van der Waals surface area contributed by atoms with Gasteiger partial charge in [-0.05, 0) is 36.4 Å². The Morgan fingerprint density at radius 2 is 1.95 bits per heavy atom. The number of nitrogens with zero attached hydrogens (tertiary/aromatic N) is 1. The van der Waals surface area contributed by atoms with Gasteiger partial charge in [-0.15, -0.1) is 0 Å². The van der Waals surface area contributed by atoms with Crippen LogP contribution in [0.4, 0.5) is 20.2 Å². The molecule has 5 nitrogen and oxygen atoms in total. The number of ether oxygens (including phenoxy) is 1. The van der Waals surface area contributed by atoms with Crippen molar-refractivity contribution in [1.29, 1.82) is 0 Å². The molecule has 1 amide bonds. The molecule has 20 heavy (non-hydrogen) atoms. The molecule has 0 saturated carbocycles. The average molecular weight is 279 g/mol. The molecule has 0 unspecified atom stereocenters. The minimum Gasteiger partial charge on any atom is -0.435 e. The second-order valence-corrected chi connectivity index (χ2v) is 3.80. The summed E-state index contributed by atoms with van der Waals surface area (Å²) in [7, 11) is 0. The Labute approximate surface area is 113 Å². The first-order valence-corrected chi connectivity index (χ1v) is 5.63. The fraction of sp³-hybridized carbons (Fsp3) is 0.0769. The molecule has 1 aromatic carbocycles. The standard InChI is InChI=1S/C13H11F2N3O2/c14-13(15)20-9-5-3-8(4-6-9)18-12(19)11-10(16)2-1-7-17-11/h1-7,13H,16H2,(H,18,19). The van der Waals surface area contributed by atoms with Crippen LogP contribution in [-0.4, -0.2) is 17.5 Å². The summed E-state index contributed by atoms with van der Waals surface area (Å²) in [5.41, 5.74) is 6.40. The highest BCUT2D eigenvalue weighted by molar-refractivity contribution is 6.06. The van der Waals surface area contributed by atoms with Crippen LogP contribution in [0.2, 0.25) is 0 Å². The number of benzene rings is 1. The van der Waals surface area contributed by atoms with Gasteiger partial charge in [0.1, 0.15) is 5.75 Å². The van der Waals surface area contributed by atoms with E-state index in [0.29, 0.717) is 5.69 Å². The number of aromatic nitrogens is 1. The number of nitrogen functional groups attached to an aromatic ring is 1. The minimum absolute atomic E-state index is 0.00958. The van der Waals surface area contributed by atoms with Crippen molar-refractivity contribution in [2.75, 3.05) is 11.1 Å². The number of nitrogens with one attached hydrogen (secondary N) is 1. The second kappa shape index (κ2) is 5.96. The number of hydrogen-bond donors (Lipinski definition) is 2. The fourth-order valence-electron chi connectivity index (χ4n) is 1.52. The number of pyridine rings is 1. The number of anilines is 2. The number of carbonyl (C=O) groups excluding carboxylic acids is 1. The van der Waals surface area contributed by atoms with Gasteiger partial charge in [-0.25, -0.2) is 4.98 Å². The molecule has 0 aliphatic carbocycles. The van der Waals surface area contributed by atoms with Gasteiger partial charge in [-0.3, -0.25) is 4.79 Å². The third-order valence-electron chi connectivity index (χ3n) is 2.39. The van der Waals surface area contributed by atoms with Crippen LogP contribution in [-0.2, 0) is 0 Å². The quantitative estimate of drug-likeness (QED) is 0.901. The molecule has 0 spiro atoms. The van der Waals surface area contributed by atoms with Crippen LogP contribution in [0.25, 0.3) is 0 Å². The molecule has 2 rings (SSSR count). The third-order valence-corrected chi connectivity index (χ3v) is 2.39. The topological polar surface area (TPSA) is 77.2 Å². The molecule has 0 aliphatic rings. The summed E-state index contributed by atoms with van der Waals surface area (Å²) in [6.07, 6.45) is 1.45. The number of halogens is 2. The predicted molar refractivity (Wildman–Crippen MR) is 69.7 cm³/mol. The monoisotopic (exact) mass is 279 g/mol. The van der Waals surface area contributed by atoms with Crippen molar-refractivity contribution in [2.24, 2.45) is 0 Å². The maximum Gasteiger partial charge on any atom is 0.387 e. The van der Waals surface area contributed by atoms with E-state index >= 15 is 0 Å². The summed E-state index contributed by atoms with van der Waals surface area (Å²) >= 11 is 0. The van der Waals surface area contributed by atoms with Crippen LogP contribution in [0, 0.1) is 0 Å². The second-order valence-electron chi connectivity index (χ2n) is 3.80. The van der Waals surface area contributed by atoms with Crippen LogP contribution >= 0.6 is 0 Å². The number of nitrogens with two attached hydrogens (primary N) is 1. The van der Waals surface area contributed by atoms with Gasteiger partial charge in [-0.1, -0.05) is 0 Å². The maximum absolute atomic E-state index is 12.0. The Morgan fingerprint density at radius 3 is 2.55 bits per heavy atom. The summed E-state index contributed by atoms with van der Waals surface area (Å²) in [4.78, 5) is 15.8. The van der Waals surface area contributed by atoms with Crippen molar-refractivity contribution in [3.05, 3.63) is 48.3 Å². The number of rotatable bonds is 4. The van der Waals surface area contributed by atoms with Crippen LogP contribution in [0.15, 0.2) is 42.6 Å². The van der Waals surface area contributed by atoms with Crippen molar-refractivity contribution >= 4 is 17.3 Å². The fourth-order valence-corrected chi connectivity index (χ4v) is 1.52. The number of amides is 1. The first-order valence-electron chi connectivity index (χ1n) is 5.63. The van der Waals surface area contributed by atoms with E-state index in [9.17, 15) is 13.6 Å². The van der Waals surface area contributed by atoms with Gasteiger partial charge in [0.2, 0.25) is 0 Å². The Kier molecular flexibility index (Phi) is 4.09. The van der Waals surface area contributed by atoms with E-state index < -0.39 is 12.5 Å². The smallest absolute Gasteiger partial charge is 0.387 e. The van der Waals surface area contributed by atoms with E-state index in [0.717, 1.165) is 0 Å². The Bertz CT molecular complexity index is 603. The lowest BCUT2D eigenvalue weighted by atomic mass is 10.2. The Balaban J connectivity index is 2.07. The molecule has 0 bridgehead atoms. The van der Waals surface area contributed by atoms with Crippen molar-refractivity contribution in [3.8, 4) is 5.75 Å². The van der Waals surface area contributed by atoms with Crippen LogP contribution in [0.5, 0.6) is 5.75 Å². The zero-order chi connectivity index (χ0) is 14.5. The molecule has 0 aliphatic heterocycles. The average Bonchev–Trinajstić information content (AvgIpc) is 2.41. The number of hydrogen-bond acceptors (Lipinski definition) is 4. The van der Waals surface area contributed by atoms with Crippen LogP contribution in [0.1, 0.15) is 10.5 Å². The Morgan fingerprint density at radius 1 is 1.25 bits per heavy atom. The summed E-state index contributed by atoms with van der Waals surface area (Å²) in [5, 5.41) is 2.56. The summed E-state index contributed by atoms with van der Waals surface area (Å²) in [6.45, 7) is -2.89. The molecule has 1 heterocycles. The molecule has 104 valence electrons. The molecule has 0 radical (unpaired) electrons. The predicted octanol–water partition coefficient (Wildman–Crippen LogP) is 2.52. The van der Waals surface area contributed by atoms with Gasteiger partial charge in [0.25, 0.3) is 5.91 Å². The van der Waals surface area contributed by atoms with Crippen molar-refractivity contribution < 1.29 is 18.3 Å². The van der Waals surface area contributed by atoms with E-state index in [1.807, 2.05) is 0 Å². The number of carbonyl (C=O) groups is 1. The number of alkyl halides is 2. The summed E-state index contributed by atoms with van der Waals surface area (Å²) in [5.74, 6) is -0.471. The lowest BCUT2D eigenvalue weighted by molar-refractivity contribution is -0.0498. The molecule has 1 aromatic heterocycles. The van der Waals surface area contributed by atoms with Gasteiger partial charge in [0, 0.05) is 11.9 Å². The van der Waals surface area contributed by atoms with Gasteiger partial charge in [0.15, 0.2) is 5.69 Å². The lowest BCUT2D eigenvalue weighted by Gasteiger charge is -2.08. The van der Waals surface area contributed by atoms with Gasteiger partial charge < -0.3 is 15.8 Å². The van der Waals surface area contributed by atoms with E-state index in [2.05, 4.69) is 15.0 Å². The van der Waals surface area contributed by atoms with Gasteiger partial charge in [-0.2, -0.15) is 8.78 Å². The van der Waals surface area contributed by atoms with Crippen molar-refractivity contribution in [2.45, 2.75) is 6.61 Å². The van der Waals surface area contributed by atoms with Gasteiger partial charge >= 0.3 is 6.61 Å². The lowest BCUT2D eigenvalue weighted by Crippen LogP contribution is -2.15. The zero-order valence-corrected chi connectivity index (χ0v) is 10.2. The minimum atomic E-state index is -2.89. The normalized spacial score (nSPS) is 10.3. The van der Waals surface area contributed by atoms with Crippen LogP contribution < -0.4 is 15.8 Å². The van der Waals surface area contributed by atoms with E-state index in [1.165, 1.54) is 30.5 Å². The Hall–Kier alpha value is -2.70. The molecule has 0 fully saturated rings. The molecule has 0 saturated heterocycles. The molecular weight excluding hydrogens is 268 g/mol. The molecule has 3 N–H and O–H groups in total. The highest BCUT2D eigenvalue weighted by atomic mass is 19.3. The zero-order valence-electron chi connectivity index (χ0n) is 10.2. The highest BCUT2D eigenvalue weighted by Gasteiger charge is 2.11. The van der Waals surface area contributed by atoms with E-state index in [4.69, 9.17) is 5.73 Å². The molecule has 2 aromatic rings. The summed E-state index contributed by atoms with van der Waals surface area (Å²) in [6, 6.07) is 8.70. The largest absolute Gasteiger partial charge is 0.435 e. The first kappa shape index (κ1) is 13.7. The third kappa shape index (κ3) is 3.41. The van der Waals surface area contributed by atoms with Crippen molar-refractivity contribution in [1.82, 2.24) is 4.98 Å². The maximum atomic E-state index is 12.0. The molecule has 7 heteroatoms. The van der Waals surface area contributed by atoms with E-state index in [-0.39, 0.29) is 17.1 Å². The first-order chi connectivity index (χ1) is 9.56. The highest BCUT2D eigenvalue weighted by Crippen LogP contribution is 2.18. The van der Waals surface area contributed by atoms with E-state index in [1.54, 1.807) is 12.1 Å². The van der Waals surface area contributed by atoms with Gasteiger partial charge in [0.05, 0.1) is 5.69 Å². The molecular formula is C13H11F2N3O2.